The van der Waals surface area contributed by atoms with Gasteiger partial charge in [-0.05, 0) is 37.0 Å². The van der Waals surface area contributed by atoms with Crippen LogP contribution in [-0.4, -0.2) is 18.5 Å². The summed E-state index contributed by atoms with van der Waals surface area (Å²) in [5.74, 6) is 2.14. The Bertz CT molecular complexity index is 348. The van der Waals surface area contributed by atoms with Crippen molar-refractivity contribution in [3.63, 3.8) is 0 Å². The quantitative estimate of drug-likeness (QED) is 0.818. The molecule has 0 aliphatic carbocycles. The van der Waals surface area contributed by atoms with Gasteiger partial charge >= 0.3 is 0 Å². The summed E-state index contributed by atoms with van der Waals surface area (Å²) < 4.78 is 5.60. The van der Waals surface area contributed by atoms with Crippen molar-refractivity contribution < 1.29 is 4.74 Å². The van der Waals surface area contributed by atoms with Crippen LogP contribution in [0.1, 0.15) is 24.0 Å². The first kappa shape index (κ1) is 11.8. The normalized spacial score (nSPS) is 20.2. The maximum atomic E-state index is 5.88. The Labute approximate surface area is 102 Å². The number of hydrogen-bond acceptors (Lipinski definition) is 3. The van der Waals surface area contributed by atoms with E-state index < -0.39 is 0 Å². The van der Waals surface area contributed by atoms with E-state index in [1.54, 1.807) is 0 Å². The van der Waals surface area contributed by atoms with Gasteiger partial charge in [0.05, 0.1) is 6.10 Å². The van der Waals surface area contributed by atoms with Gasteiger partial charge in [-0.15, -0.1) is 0 Å². The van der Waals surface area contributed by atoms with E-state index in [1.807, 2.05) is 23.9 Å². The molecule has 1 aromatic rings. The summed E-state index contributed by atoms with van der Waals surface area (Å²) in [7, 11) is 0. The van der Waals surface area contributed by atoms with E-state index in [4.69, 9.17) is 10.5 Å². The molecule has 16 heavy (non-hydrogen) atoms. The summed E-state index contributed by atoms with van der Waals surface area (Å²) in [5.41, 5.74) is 9.35. The minimum Gasteiger partial charge on any atom is -0.399 e. The van der Waals surface area contributed by atoms with Crippen LogP contribution < -0.4 is 5.73 Å². The van der Waals surface area contributed by atoms with Crippen LogP contribution in [0.5, 0.6) is 0 Å². The van der Waals surface area contributed by atoms with Crippen molar-refractivity contribution in [1.82, 2.24) is 0 Å². The monoisotopic (exact) mass is 237 g/mol. The molecule has 0 amide bonds. The number of nitrogens with two attached hydrogens (primary N) is 1. The number of rotatable bonds is 4. The third-order valence-electron chi connectivity index (χ3n) is 3.07. The van der Waals surface area contributed by atoms with Crippen LogP contribution >= 0.6 is 11.8 Å². The Balaban J connectivity index is 1.82. The van der Waals surface area contributed by atoms with Gasteiger partial charge in [-0.2, -0.15) is 11.8 Å². The fraction of sp³-hybridized carbons (Fsp3) is 0.538. The van der Waals surface area contributed by atoms with E-state index in [2.05, 4.69) is 13.0 Å². The number of thioether (sulfide) groups is 1. The third-order valence-corrected chi connectivity index (χ3v) is 4.20. The zero-order chi connectivity index (χ0) is 11.4. The van der Waals surface area contributed by atoms with E-state index >= 15 is 0 Å². The first-order chi connectivity index (χ1) is 7.77. The van der Waals surface area contributed by atoms with E-state index in [9.17, 15) is 0 Å². The second-order valence-electron chi connectivity index (χ2n) is 4.28. The summed E-state index contributed by atoms with van der Waals surface area (Å²) in [6, 6.07) is 6.15. The molecule has 1 heterocycles. The number of anilines is 1. The maximum Gasteiger partial charge on any atom is 0.0666 e. The molecule has 1 unspecified atom stereocenters. The van der Waals surface area contributed by atoms with E-state index in [1.165, 1.54) is 24.0 Å². The van der Waals surface area contributed by atoms with Crippen molar-refractivity contribution in [3.05, 3.63) is 29.3 Å². The van der Waals surface area contributed by atoms with Crippen molar-refractivity contribution in [2.24, 2.45) is 0 Å². The molecule has 1 atom stereocenters. The van der Waals surface area contributed by atoms with Crippen LogP contribution in [0.3, 0.4) is 0 Å². The van der Waals surface area contributed by atoms with Crippen molar-refractivity contribution in [2.75, 3.05) is 18.1 Å². The topological polar surface area (TPSA) is 35.2 Å². The van der Waals surface area contributed by atoms with E-state index in [-0.39, 0.29) is 0 Å². The lowest BCUT2D eigenvalue weighted by Gasteiger charge is -2.11. The third kappa shape index (κ3) is 2.92. The second-order valence-corrected chi connectivity index (χ2v) is 5.31. The highest BCUT2D eigenvalue weighted by atomic mass is 32.2. The standard InChI is InChI=1S/C13H19NOS/c1-10-11(4-2-6-13(10)14)8-16-9-12-5-3-7-15-12/h2,4,6,12H,3,5,7-9,14H2,1H3. The van der Waals surface area contributed by atoms with Crippen LogP contribution in [-0.2, 0) is 10.5 Å². The van der Waals surface area contributed by atoms with Gasteiger partial charge in [0.25, 0.3) is 0 Å². The molecule has 1 aromatic carbocycles. The number of benzene rings is 1. The SMILES string of the molecule is Cc1c(N)cccc1CSCC1CCCO1. The Morgan fingerprint density at radius 1 is 1.50 bits per heavy atom. The predicted octanol–water partition coefficient (Wildman–Crippen LogP) is 2.99. The molecule has 88 valence electrons. The predicted molar refractivity (Wildman–Crippen MR) is 70.7 cm³/mol. The van der Waals surface area contributed by atoms with Crippen molar-refractivity contribution in [1.29, 1.82) is 0 Å². The Morgan fingerprint density at radius 2 is 2.38 bits per heavy atom. The molecule has 2 nitrogen and oxygen atoms in total. The van der Waals surface area contributed by atoms with Crippen molar-refractivity contribution in [2.45, 2.75) is 31.6 Å². The summed E-state index contributed by atoms with van der Waals surface area (Å²) in [4.78, 5) is 0. The van der Waals surface area contributed by atoms with Crippen molar-refractivity contribution in [3.8, 4) is 0 Å². The molecule has 1 aliphatic rings. The number of hydrogen-bond donors (Lipinski definition) is 1. The van der Waals surface area contributed by atoms with Gasteiger partial charge in [0.1, 0.15) is 0 Å². The first-order valence-corrected chi connectivity index (χ1v) is 6.96. The molecular formula is C13H19NOS. The van der Waals surface area contributed by atoms with Crippen LogP contribution in [0.15, 0.2) is 18.2 Å². The molecule has 1 saturated heterocycles. The molecule has 2 N–H and O–H groups in total. The molecule has 2 rings (SSSR count). The second kappa shape index (κ2) is 5.60. The maximum absolute atomic E-state index is 5.88. The van der Waals surface area contributed by atoms with Gasteiger partial charge in [-0.1, -0.05) is 12.1 Å². The lowest BCUT2D eigenvalue weighted by molar-refractivity contribution is 0.129. The molecule has 0 saturated carbocycles. The first-order valence-electron chi connectivity index (χ1n) is 5.80. The Kier molecular flexibility index (Phi) is 4.13. The summed E-state index contributed by atoms with van der Waals surface area (Å²) in [6.45, 7) is 3.04. The smallest absolute Gasteiger partial charge is 0.0666 e. The number of ether oxygens (including phenoxy) is 1. The molecule has 0 aromatic heterocycles. The van der Waals surface area contributed by atoms with Crippen molar-refractivity contribution >= 4 is 17.4 Å². The lowest BCUT2D eigenvalue weighted by atomic mass is 10.1. The lowest BCUT2D eigenvalue weighted by Crippen LogP contribution is -2.08. The average molecular weight is 237 g/mol. The highest BCUT2D eigenvalue weighted by Gasteiger charge is 2.15. The van der Waals surface area contributed by atoms with E-state index in [0.717, 1.165) is 23.8 Å². The average Bonchev–Trinajstić information content (AvgIpc) is 2.77. The van der Waals surface area contributed by atoms with Gasteiger partial charge in [-0.3, -0.25) is 0 Å². The molecular weight excluding hydrogens is 218 g/mol. The molecule has 0 bridgehead atoms. The van der Waals surface area contributed by atoms with Crippen LogP contribution in [0.25, 0.3) is 0 Å². The van der Waals surface area contributed by atoms with Gasteiger partial charge in [0, 0.05) is 23.8 Å². The number of nitrogen functional groups attached to an aromatic ring is 1. The van der Waals surface area contributed by atoms with Crippen LogP contribution in [0.2, 0.25) is 0 Å². The summed E-state index contributed by atoms with van der Waals surface area (Å²) in [5, 5.41) is 0. The molecule has 1 fully saturated rings. The molecule has 0 radical (unpaired) electrons. The summed E-state index contributed by atoms with van der Waals surface area (Å²) >= 11 is 1.95. The van der Waals surface area contributed by atoms with Gasteiger partial charge in [0.2, 0.25) is 0 Å². The fourth-order valence-corrected chi connectivity index (χ4v) is 3.11. The highest BCUT2D eigenvalue weighted by Crippen LogP contribution is 2.23. The molecule has 3 heteroatoms. The van der Waals surface area contributed by atoms with Gasteiger partial charge in [0.15, 0.2) is 0 Å². The fourth-order valence-electron chi connectivity index (χ4n) is 1.94. The highest BCUT2D eigenvalue weighted by molar-refractivity contribution is 7.98. The zero-order valence-corrected chi connectivity index (χ0v) is 10.6. The van der Waals surface area contributed by atoms with Crippen LogP contribution in [0.4, 0.5) is 5.69 Å². The minimum absolute atomic E-state index is 0.478. The van der Waals surface area contributed by atoms with E-state index in [0.29, 0.717) is 6.10 Å². The molecule has 1 aliphatic heterocycles. The minimum atomic E-state index is 0.478. The Hall–Kier alpha value is -0.670. The largest absolute Gasteiger partial charge is 0.399 e. The van der Waals surface area contributed by atoms with Gasteiger partial charge < -0.3 is 10.5 Å². The molecule has 0 spiro atoms. The summed E-state index contributed by atoms with van der Waals surface area (Å²) in [6.07, 6.45) is 2.93. The van der Waals surface area contributed by atoms with Gasteiger partial charge in [-0.25, -0.2) is 0 Å². The van der Waals surface area contributed by atoms with Crippen LogP contribution in [0, 0.1) is 6.92 Å². The zero-order valence-electron chi connectivity index (χ0n) is 9.74. The Morgan fingerprint density at radius 3 is 3.12 bits per heavy atom.